The minimum Gasteiger partial charge on any atom is -0.444 e. The maximum Gasteiger partial charge on any atom is 0.407 e. The van der Waals surface area contributed by atoms with Crippen molar-refractivity contribution in [2.24, 2.45) is 0 Å². The van der Waals surface area contributed by atoms with E-state index in [4.69, 9.17) is 9.47 Å². The van der Waals surface area contributed by atoms with Crippen molar-refractivity contribution in [2.45, 2.75) is 58.3 Å². The molecule has 4 rings (SSSR count). The highest BCUT2D eigenvalue weighted by Gasteiger charge is 2.26. The number of H-pyrrole nitrogens is 1. The topological polar surface area (TPSA) is 118 Å². The average Bonchev–Trinajstić information content (AvgIpc) is 3.22. The van der Waals surface area contributed by atoms with Gasteiger partial charge in [0.2, 0.25) is 0 Å². The van der Waals surface area contributed by atoms with Crippen LogP contribution in [0.25, 0.3) is 11.0 Å². The highest BCUT2D eigenvalue weighted by molar-refractivity contribution is 6.18. The Balaban J connectivity index is 1.39. The molecule has 1 saturated heterocycles. The van der Waals surface area contributed by atoms with E-state index >= 15 is 0 Å². The Labute approximate surface area is 198 Å². The van der Waals surface area contributed by atoms with Gasteiger partial charge in [-0.15, -0.1) is 0 Å². The molecule has 1 aliphatic heterocycles. The number of ketones is 1. The fourth-order valence-corrected chi connectivity index (χ4v) is 4.01. The number of anilines is 1. The van der Waals surface area contributed by atoms with E-state index in [9.17, 15) is 9.59 Å². The van der Waals surface area contributed by atoms with Gasteiger partial charge in [0.25, 0.3) is 0 Å². The lowest BCUT2D eigenvalue weighted by Crippen LogP contribution is -2.45. The number of nitrogens with one attached hydrogen (secondary N) is 3. The van der Waals surface area contributed by atoms with Gasteiger partial charge >= 0.3 is 6.09 Å². The molecule has 3 heterocycles. The predicted octanol–water partition coefficient (Wildman–Crippen LogP) is 3.98. The number of hydrogen-bond acceptors (Lipinski definition) is 7. The van der Waals surface area contributed by atoms with Crippen molar-refractivity contribution in [1.82, 2.24) is 20.3 Å². The maximum atomic E-state index is 13.2. The Morgan fingerprint density at radius 2 is 1.97 bits per heavy atom. The van der Waals surface area contributed by atoms with Crippen molar-refractivity contribution in [3.8, 4) is 0 Å². The molecule has 9 heteroatoms. The van der Waals surface area contributed by atoms with Crippen molar-refractivity contribution in [3.05, 3.63) is 53.5 Å². The number of ether oxygens (including phenoxy) is 2. The molecule has 34 heavy (non-hydrogen) atoms. The number of rotatable bonds is 6. The Kier molecular flexibility index (Phi) is 6.83. The third kappa shape index (κ3) is 5.53. The summed E-state index contributed by atoms with van der Waals surface area (Å²) >= 11 is 0. The summed E-state index contributed by atoms with van der Waals surface area (Å²) < 4.78 is 11.3. The van der Waals surface area contributed by atoms with Gasteiger partial charge in [0, 0.05) is 18.3 Å². The summed E-state index contributed by atoms with van der Waals surface area (Å²) in [6.45, 7) is 8.35. The van der Waals surface area contributed by atoms with Gasteiger partial charge in [-0.1, -0.05) is 24.3 Å². The number of carbonyl (C=O) groups excluding carboxylic acids is 2. The zero-order valence-electron chi connectivity index (χ0n) is 20.0. The highest BCUT2D eigenvalue weighted by Crippen LogP contribution is 2.27. The number of aromatic amines is 1. The number of alkyl carbamates (subject to hydrolysis) is 1. The summed E-state index contributed by atoms with van der Waals surface area (Å²) in [7, 11) is 0. The smallest absolute Gasteiger partial charge is 0.407 e. The molecular weight excluding hydrogens is 434 g/mol. The van der Waals surface area contributed by atoms with E-state index < -0.39 is 11.7 Å². The Morgan fingerprint density at radius 1 is 1.18 bits per heavy atom. The summed E-state index contributed by atoms with van der Waals surface area (Å²) in [6, 6.07) is 7.43. The van der Waals surface area contributed by atoms with E-state index in [0.29, 0.717) is 41.1 Å². The molecule has 2 atom stereocenters. The number of amides is 1. The minimum atomic E-state index is -0.535. The van der Waals surface area contributed by atoms with E-state index in [1.165, 1.54) is 6.33 Å². The summed E-state index contributed by atoms with van der Waals surface area (Å²) in [5, 5.41) is 6.86. The number of aromatic nitrogens is 3. The van der Waals surface area contributed by atoms with Crippen molar-refractivity contribution in [3.63, 3.8) is 0 Å². The van der Waals surface area contributed by atoms with Crippen molar-refractivity contribution in [2.75, 3.05) is 18.5 Å². The maximum absolute atomic E-state index is 13.2. The van der Waals surface area contributed by atoms with Crippen LogP contribution in [0.5, 0.6) is 0 Å². The van der Waals surface area contributed by atoms with Crippen LogP contribution in [0, 0.1) is 6.92 Å². The molecule has 1 fully saturated rings. The molecule has 9 nitrogen and oxygen atoms in total. The molecule has 3 N–H and O–H groups in total. The SMILES string of the molecule is Cc1ccccc1C(=O)c1c[nH]c2ncnc(NC[C@@H]3CC[C@@H](NC(=O)OC(C)(C)C)CO3)c12. The first kappa shape index (κ1) is 23.7. The van der Waals surface area contributed by atoms with Crippen molar-refractivity contribution in [1.29, 1.82) is 0 Å². The van der Waals surface area contributed by atoms with Crippen LogP contribution < -0.4 is 10.6 Å². The summed E-state index contributed by atoms with van der Waals surface area (Å²) in [5.74, 6) is 0.507. The number of aryl methyl sites for hydroxylation is 1. The third-order valence-electron chi connectivity index (χ3n) is 5.69. The summed E-state index contributed by atoms with van der Waals surface area (Å²) in [4.78, 5) is 37.0. The van der Waals surface area contributed by atoms with Crippen molar-refractivity contribution < 1.29 is 19.1 Å². The number of fused-ring (bicyclic) bond motifs is 1. The lowest BCUT2D eigenvalue weighted by atomic mass is 9.99. The van der Waals surface area contributed by atoms with Crippen LogP contribution in [0.1, 0.15) is 55.1 Å². The van der Waals surface area contributed by atoms with Crippen LogP contribution in [0.4, 0.5) is 10.6 Å². The Morgan fingerprint density at radius 3 is 2.68 bits per heavy atom. The first-order valence-corrected chi connectivity index (χ1v) is 11.5. The lowest BCUT2D eigenvalue weighted by molar-refractivity contribution is -0.00140. The summed E-state index contributed by atoms with van der Waals surface area (Å²) in [5.41, 5.74) is 2.15. The number of hydrogen-bond donors (Lipinski definition) is 3. The molecular formula is C25H31N5O4. The number of benzene rings is 1. The predicted molar refractivity (Wildman–Crippen MR) is 129 cm³/mol. The molecule has 0 aliphatic carbocycles. The first-order valence-electron chi connectivity index (χ1n) is 11.5. The number of carbonyl (C=O) groups is 2. The first-order chi connectivity index (χ1) is 16.2. The highest BCUT2D eigenvalue weighted by atomic mass is 16.6. The zero-order chi connectivity index (χ0) is 24.3. The van der Waals surface area contributed by atoms with Crippen LogP contribution in [-0.4, -0.2) is 57.7 Å². The molecule has 2 aromatic heterocycles. The van der Waals surface area contributed by atoms with Crippen molar-refractivity contribution >= 4 is 28.7 Å². The molecule has 1 amide bonds. The van der Waals surface area contributed by atoms with Crippen LogP contribution in [-0.2, 0) is 9.47 Å². The molecule has 0 bridgehead atoms. The lowest BCUT2D eigenvalue weighted by Gasteiger charge is -2.30. The van der Waals surface area contributed by atoms with Gasteiger partial charge in [-0.25, -0.2) is 14.8 Å². The van der Waals surface area contributed by atoms with E-state index in [1.807, 2.05) is 52.0 Å². The van der Waals surface area contributed by atoms with Gasteiger partial charge in [0.05, 0.1) is 29.7 Å². The third-order valence-corrected chi connectivity index (χ3v) is 5.69. The van der Waals surface area contributed by atoms with E-state index in [2.05, 4.69) is 25.6 Å². The molecule has 1 aromatic carbocycles. The van der Waals surface area contributed by atoms with E-state index in [0.717, 1.165) is 18.4 Å². The van der Waals surface area contributed by atoms with Crippen LogP contribution in [0.15, 0.2) is 36.8 Å². The minimum absolute atomic E-state index is 0.0452. The van der Waals surface area contributed by atoms with Crippen LogP contribution >= 0.6 is 0 Å². The second-order valence-electron chi connectivity index (χ2n) is 9.55. The van der Waals surface area contributed by atoms with Gasteiger partial charge in [0.1, 0.15) is 23.4 Å². The van der Waals surface area contributed by atoms with Gasteiger partial charge in [-0.05, 0) is 46.1 Å². The average molecular weight is 466 g/mol. The Bertz CT molecular complexity index is 1180. The summed E-state index contributed by atoms with van der Waals surface area (Å²) in [6.07, 6.45) is 4.22. The number of nitrogens with zero attached hydrogens (tertiary/aromatic N) is 2. The quantitative estimate of drug-likeness (QED) is 0.471. The molecule has 0 saturated carbocycles. The second-order valence-corrected chi connectivity index (χ2v) is 9.55. The van der Waals surface area contributed by atoms with Gasteiger partial charge in [-0.3, -0.25) is 4.79 Å². The molecule has 180 valence electrons. The standard InChI is InChI=1S/C25H31N5O4/c1-15-7-5-6-8-18(15)21(31)19-12-27-23-20(19)22(28-14-29-23)26-11-17-10-9-16(13-33-17)30-24(32)34-25(2,3)4/h5-8,12,14,16-17H,9-11,13H2,1-4H3,(H,30,32)(H2,26,27,28,29)/t16-,17+/m1/s1. The van der Waals surface area contributed by atoms with E-state index in [1.54, 1.807) is 6.20 Å². The van der Waals surface area contributed by atoms with E-state index in [-0.39, 0.29) is 17.9 Å². The Hall–Kier alpha value is -3.46. The monoisotopic (exact) mass is 465 g/mol. The fraction of sp³-hybridized carbons (Fsp3) is 0.440. The van der Waals surface area contributed by atoms with Gasteiger partial charge < -0.3 is 25.1 Å². The van der Waals surface area contributed by atoms with Crippen LogP contribution in [0.2, 0.25) is 0 Å². The van der Waals surface area contributed by atoms with Gasteiger partial charge in [-0.2, -0.15) is 0 Å². The van der Waals surface area contributed by atoms with Gasteiger partial charge in [0.15, 0.2) is 5.78 Å². The second kappa shape index (κ2) is 9.80. The zero-order valence-corrected chi connectivity index (χ0v) is 20.0. The normalized spacial score (nSPS) is 18.5. The molecule has 3 aromatic rings. The molecule has 0 spiro atoms. The molecule has 0 radical (unpaired) electrons. The largest absolute Gasteiger partial charge is 0.444 e. The molecule has 1 aliphatic rings. The van der Waals surface area contributed by atoms with Crippen LogP contribution in [0.3, 0.4) is 0 Å². The molecule has 0 unspecified atom stereocenters. The fourth-order valence-electron chi connectivity index (χ4n) is 4.01.